The van der Waals surface area contributed by atoms with Crippen LogP contribution in [0.5, 0.6) is 0 Å². The van der Waals surface area contributed by atoms with Gasteiger partial charge in [0.15, 0.2) is 0 Å². The Bertz CT molecular complexity index is 458. The number of para-hydroxylation sites is 1. The number of benzene rings is 1. The van der Waals surface area contributed by atoms with E-state index < -0.39 is 6.04 Å². The molecule has 17 heavy (non-hydrogen) atoms. The van der Waals surface area contributed by atoms with Gasteiger partial charge in [-0.05, 0) is 12.1 Å². The van der Waals surface area contributed by atoms with Crippen LogP contribution in [0.4, 0.5) is 5.69 Å². The first-order valence-corrected chi connectivity index (χ1v) is 5.63. The summed E-state index contributed by atoms with van der Waals surface area (Å²) in [6, 6.07) is 4.30. The van der Waals surface area contributed by atoms with Gasteiger partial charge in [0, 0.05) is 0 Å². The van der Waals surface area contributed by atoms with Crippen molar-refractivity contribution in [1.82, 2.24) is 10.9 Å². The van der Waals surface area contributed by atoms with Crippen LogP contribution in [0.25, 0.3) is 0 Å². The minimum atomic E-state index is -0.616. The molecule has 1 aromatic rings. The van der Waals surface area contributed by atoms with Crippen LogP contribution in [0.1, 0.15) is 6.42 Å². The molecule has 3 N–H and O–H groups in total. The maximum absolute atomic E-state index is 11.8. The number of anilines is 1. The van der Waals surface area contributed by atoms with Crippen LogP contribution in [0.15, 0.2) is 18.2 Å². The van der Waals surface area contributed by atoms with Gasteiger partial charge in [-0.25, -0.2) is 5.43 Å². The lowest BCUT2D eigenvalue weighted by atomic mass is 10.2. The highest BCUT2D eigenvalue weighted by Crippen LogP contribution is 2.29. The number of carbonyl (C=O) groups excluding carboxylic acids is 2. The van der Waals surface area contributed by atoms with Gasteiger partial charge in [0.1, 0.15) is 6.04 Å². The monoisotopic (exact) mass is 273 g/mol. The lowest BCUT2D eigenvalue weighted by Crippen LogP contribution is -2.39. The van der Waals surface area contributed by atoms with Crippen LogP contribution in [-0.4, -0.2) is 17.9 Å². The second-order valence-corrected chi connectivity index (χ2v) is 4.35. The predicted octanol–water partition coefficient (Wildman–Crippen LogP) is 1.32. The molecular weight excluding hydrogens is 265 g/mol. The number of rotatable bonds is 2. The van der Waals surface area contributed by atoms with E-state index in [-0.39, 0.29) is 18.2 Å². The van der Waals surface area contributed by atoms with Crippen LogP contribution >= 0.6 is 23.2 Å². The van der Waals surface area contributed by atoms with Gasteiger partial charge in [-0.3, -0.25) is 15.0 Å². The second-order valence-electron chi connectivity index (χ2n) is 3.54. The van der Waals surface area contributed by atoms with E-state index in [0.29, 0.717) is 15.7 Å². The summed E-state index contributed by atoms with van der Waals surface area (Å²) in [6.45, 7) is 0. The number of halogens is 2. The van der Waals surface area contributed by atoms with Crippen molar-refractivity contribution < 1.29 is 9.59 Å². The Balaban J connectivity index is 2.11. The van der Waals surface area contributed by atoms with Crippen LogP contribution in [0.2, 0.25) is 10.0 Å². The van der Waals surface area contributed by atoms with Crippen molar-refractivity contribution in [3.05, 3.63) is 28.2 Å². The van der Waals surface area contributed by atoms with Gasteiger partial charge in [-0.15, -0.1) is 0 Å². The number of hydrazine groups is 1. The topological polar surface area (TPSA) is 70.2 Å². The molecule has 0 saturated carbocycles. The molecule has 1 aromatic carbocycles. The first-order chi connectivity index (χ1) is 8.08. The highest BCUT2D eigenvalue weighted by atomic mass is 35.5. The van der Waals surface area contributed by atoms with Crippen molar-refractivity contribution in [3.8, 4) is 0 Å². The molecule has 0 bridgehead atoms. The lowest BCUT2D eigenvalue weighted by Gasteiger charge is -2.12. The van der Waals surface area contributed by atoms with Crippen molar-refractivity contribution >= 4 is 40.7 Å². The van der Waals surface area contributed by atoms with Crippen molar-refractivity contribution in [2.45, 2.75) is 12.5 Å². The van der Waals surface area contributed by atoms with Crippen LogP contribution in [0, 0.1) is 0 Å². The van der Waals surface area contributed by atoms with E-state index in [1.165, 1.54) is 0 Å². The Morgan fingerprint density at radius 1 is 1.35 bits per heavy atom. The summed E-state index contributed by atoms with van der Waals surface area (Å²) >= 11 is 11.8. The molecule has 2 rings (SSSR count). The van der Waals surface area contributed by atoms with Crippen LogP contribution in [-0.2, 0) is 9.59 Å². The maximum atomic E-state index is 11.8. The second kappa shape index (κ2) is 4.91. The third kappa shape index (κ3) is 2.69. The SMILES string of the molecule is O=C1CC(C(=O)Nc2c(Cl)cccc2Cl)NN1. The Kier molecular flexibility index (Phi) is 3.51. The van der Waals surface area contributed by atoms with Gasteiger partial charge < -0.3 is 5.32 Å². The Hall–Kier alpha value is -1.30. The molecule has 1 aliphatic heterocycles. The molecule has 2 amide bonds. The third-order valence-corrected chi connectivity index (χ3v) is 2.93. The zero-order chi connectivity index (χ0) is 12.4. The standard InChI is InChI=1S/C10H9Cl2N3O2/c11-5-2-1-3-6(12)9(5)13-10(17)7-4-8(16)15-14-7/h1-3,7,14H,4H2,(H,13,17)(H,15,16). The summed E-state index contributed by atoms with van der Waals surface area (Å²) < 4.78 is 0. The molecule has 0 spiro atoms. The van der Waals surface area contributed by atoms with Gasteiger partial charge in [-0.2, -0.15) is 0 Å². The highest BCUT2D eigenvalue weighted by Gasteiger charge is 2.28. The molecule has 1 heterocycles. The molecule has 1 atom stereocenters. The molecule has 1 unspecified atom stereocenters. The molecule has 1 fully saturated rings. The normalized spacial score (nSPS) is 18.9. The molecule has 0 aromatic heterocycles. The van der Waals surface area contributed by atoms with E-state index in [4.69, 9.17) is 23.2 Å². The molecule has 0 radical (unpaired) electrons. The molecule has 90 valence electrons. The van der Waals surface area contributed by atoms with Crippen LogP contribution in [0.3, 0.4) is 0 Å². The predicted molar refractivity (Wildman–Crippen MR) is 64.8 cm³/mol. The zero-order valence-electron chi connectivity index (χ0n) is 8.59. The fourth-order valence-corrected chi connectivity index (χ4v) is 1.93. The summed E-state index contributed by atoms with van der Waals surface area (Å²) in [5.41, 5.74) is 5.27. The fourth-order valence-electron chi connectivity index (χ4n) is 1.44. The molecule has 0 aliphatic carbocycles. The number of carbonyl (C=O) groups is 2. The van der Waals surface area contributed by atoms with E-state index in [9.17, 15) is 9.59 Å². The van der Waals surface area contributed by atoms with E-state index in [2.05, 4.69) is 16.2 Å². The summed E-state index contributed by atoms with van der Waals surface area (Å²) in [7, 11) is 0. The van der Waals surface area contributed by atoms with Gasteiger partial charge >= 0.3 is 0 Å². The van der Waals surface area contributed by atoms with Gasteiger partial charge in [0.05, 0.1) is 22.2 Å². The quantitative estimate of drug-likeness (QED) is 0.761. The number of amides is 2. The van der Waals surface area contributed by atoms with Gasteiger partial charge in [0.25, 0.3) is 0 Å². The maximum Gasteiger partial charge on any atom is 0.243 e. The van der Waals surface area contributed by atoms with Crippen molar-refractivity contribution in [1.29, 1.82) is 0 Å². The molecular formula is C10H9Cl2N3O2. The number of nitrogens with one attached hydrogen (secondary N) is 3. The minimum Gasteiger partial charge on any atom is -0.322 e. The Morgan fingerprint density at radius 3 is 2.53 bits per heavy atom. The summed E-state index contributed by atoms with van der Waals surface area (Å²) in [6.07, 6.45) is 0.0912. The van der Waals surface area contributed by atoms with Gasteiger partial charge in [-0.1, -0.05) is 29.3 Å². The molecule has 7 heteroatoms. The van der Waals surface area contributed by atoms with Crippen LogP contribution < -0.4 is 16.2 Å². The van der Waals surface area contributed by atoms with E-state index in [0.717, 1.165) is 0 Å². The smallest absolute Gasteiger partial charge is 0.243 e. The molecule has 5 nitrogen and oxygen atoms in total. The number of hydrogen-bond acceptors (Lipinski definition) is 3. The van der Waals surface area contributed by atoms with Gasteiger partial charge in [0.2, 0.25) is 11.8 Å². The first kappa shape index (κ1) is 12.2. The fraction of sp³-hybridized carbons (Fsp3) is 0.200. The van der Waals surface area contributed by atoms with Crippen molar-refractivity contribution in [2.75, 3.05) is 5.32 Å². The number of hydrogen-bond donors (Lipinski definition) is 3. The van der Waals surface area contributed by atoms with E-state index in [1.54, 1.807) is 18.2 Å². The van der Waals surface area contributed by atoms with E-state index in [1.807, 2.05) is 0 Å². The lowest BCUT2D eigenvalue weighted by molar-refractivity contribution is -0.121. The minimum absolute atomic E-state index is 0.0912. The Morgan fingerprint density at radius 2 is 2.00 bits per heavy atom. The first-order valence-electron chi connectivity index (χ1n) is 4.87. The Labute approximate surface area is 107 Å². The largest absolute Gasteiger partial charge is 0.322 e. The third-order valence-electron chi connectivity index (χ3n) is 2.30. The summed E-state index contributed by atoms with van der Waals surface area (Å²) in [4.78, 5) is 22.7. The average Bonchev–Trinajstić information content (AvgIpc) is 2.70. The average molecular weight is 274 g/mol. The summed E-state index contributed by atoms with van der Waals surface area (Å²) in [5.74, 6) is -0.589. The molecule has 1 aliphatic rings. The zero-order valence-corrected chi connectivity index (χ0v) is 10.1. The van der Waals surface area contributed by atoms with E-state index >= 15 is 0 Å². The summed E-state index contributed by atoms with van der Waals surface area (Å²) in [5, 5.41) is 3.28. The van der Waals surface area contributed by atoms with Crippen molar-refractivity contribution in [2.24, 2.45) is 0 Å². The van der Waals surface area contributed by atoms with Crippen molar-refractivity contribution in [3.63, 3.8) is 0 Å². The highest BCUT2D eigenvalue weighted by molar-refractivity contribution is 6.39. The molecule has 1 saturated heterocycles.